The van der Waals surface area contributed by atoms with Crippen LogP contribution in [-0.4, -0.2) is 21.9 Å². The van der Waals surface area contributed by atoms with E-state index >= 15 is 0 Å². The van der Waals surface area contributed by atoms with Crippen LogP contribution in [0.1, 0.15) is 16.6 Å². The highest BCUT2D eigenvalue weighted by atomic mass is 32.1. The summed E-state index contributed by atoms with van der Waals surface area (Å²) in [6, 6.07) is 1.90. The van der Waals surface area contributed by atoms with E-state index in [1.165, 1.54) is 23.6 Å². The van der Waals surface area contributed by atoms with Crippen molar-refractivity contribution in [1.29, 1.82) is 0 Å². The van der Waals surface area contributed by atoms with Gasteiger partial charge in [-0.3, -0.25) is 4.99 Å². The van der Waals surface area contributed by atoms with Gasteiger partial charge >= 0.3 is 5.97 Å². The van der Waals surface area contributed by atoms with Gasteiger partial charge in [-0.05, 0) is 6.07 Å². The monoisotopic (exact) mass is 321 g/mol. The van der Waals surface area contributed by atoms with Gasteiger partial charge in [0.05, 0.1) is 5.57 Å². The number of hydrogen-bond donors (Lipinski definition) is 2. The predicted octanol–water partition coefficient (Wildman–Crippen LogP) is 2.48. The minimum absolute atomic E-state index is 0.00870. The molecule has 1 aromatic carbocycles. The molecule has 112 valence electrons. The molecular formula is C14H9F2N3O2S. The summed E-state index contributed by atoms with van der Waals surface area (Å²) in [5, 5.41) is 14.3. The number of nitrogens with zero attached hydrogens (tertiary/aromatic N) is 2. The standard InChI is InChI=1S/C14H9F2N3O2S/c15-7-1-2-8(10(16)5-7)11-9(14(20)21)6-18-12(19-11)13-17-3-4-22-13/h1-6,11H,(H,18,19)(H,20,21). The SMILES string of the molecule is O=C(O)C1=CNC(c2nccs2)=NC1c1ccc(F)cc1F. The van der Waals surface area contributed by atoms with Gasteiger partial charge in [-0.25, -0.2) is 18.6 Å². The summed E-state index contributed by atoms with van der Waals surface area (Å²) in [7, 11) is 0. The molecule has 1 aliphatic heterocycles. The number of benzene rings is 1. The van der Waals surface area contributed by atoms with E-state index in [0.29, 0.717) is 16.9 Å². The lowest BCUT2D eigenvalue weighted by Gasteiger charge is -2.21. The first kappa shape index (κ1) is 14.3. The summed E-state index contributed by atoms with van der Waals surface area (Å²) < 4.78 is 27.0. The number of halogens is 2. The molecule has 2 heterocycles. The number of aromatic nitrogens is 1. The summed E-state index contributed by atoms with van der Waals surface area (Å²) >= 11 is 1.31. The lowest BCUT2D eigenvalue weighted by molar-refractivity contribution is -0.133. The van der Waals surface area contributed by atoms with Gasteiger partial charge in [0, 0.05) is 29.4 Å². The maximum atomic E-state index is 14.0. The van der Waals surface area contributed by atoms with Crippen molar-refractivity contribution in [2.75, 3.05) is 0 Å². The van der Waals surface area contributed by atoms with Crippen LogP contribution in [0.2, 0.25) is 0 Å². The predicted molar refractivity (Wildman–Crippen MR) is 76.6 cm³/mol. The highest BCUT2D eigenvalue weighted by molar-refractivity contribution is 7.11. The Morgan fingerprint density at radius 3 is 2.82 bits per heavy atom. The second kappa shape index (κ2) is 5.64. The van der Waals surface area contributed by atoms with Gasteiger partial charge in [0.15, 0.2) is 10.8 Å². The van der Waals surface area contributed by atoms with Gasteiger partial charge in [-0.15, -0.1) is 11.3 Å². The minimum Gasteiger partial charge on any atom is -0.478 e. The van der Waals surface area contributed by atoms with E-state index in [-0.39, 0.29) is 11.1 Å². The zero-order valence-electron chi connectivity index (χ0n) is 11.0. The highest BCUT2D eigenvalue weighted by Gasteiger charge is 2.29. The van der Waals surface area contributed by atoms with E-state index in [1.54, 1.807) is 11.6 Å². The van der Waals surface area contributed by atoms with Crippen molar-refractivity contribution >= 4 is 23.1 Å². The zero-order valence-corrected chi connectivity index (χ0v) is 11.8. The lowest BCUT2D eigenvalue weighted by atomic mass is 9.98. The van der Waals surface area contributed by atoms with Crippen LogP contribution in [0.4, 0.5) is 8.78 Å². The Bertz CT molecular complexity index is 787. The van der Waals surface area contributed by atoms with Gasteiger partial charge in [0.1, 0.15) is 17.7 Å². The Hall–Kier alpha value is -2.61. The molecular weight excluding hydrogens is 312 g/mol. The Labute approximate surface area is 127 Å². The second-order valence-corrected chi connectivity index (χ2v) is 5.33. The number of aliphatic imine (C=N–C) groups is 1. The summed E-state index contributed by atoms with van der Waals surface area (Å²) in [5.74, 6) is -2.47. The number of amidine groups is 1. The van der Waals surface area contributed by atoms with Crippen LogP contribution >= 0.6 is 11.3 Å². The van der Waals surface area contributed by atoms with Crippen LogP contribution in [-0.2, 0) is 4.79 Å². The number of aliphatic carboxylic acids is 1. The number of carbonyl (C=O) groups is 1. The maximum Gasteiger partial charge on any atom is 0.335 e. The molecule has 0 amide bonds. The normalized spacial score (nSPS) is 17.5. The molecule has 2 N–H and O–H groups in total. The van der Waals surface area contributed by atoms with Crippen molar-refractivity contribution in [2.24, 2.45) is 4.99 Å². The Morgan fingerprint density at radius 1 is 1.36 bits per heavy atom. The third-order valence-electron chi connectivity index (χ3n) is 3.06. The number of thiazole rings is 1. The molecule has 1 atom stereocenters. The number of hydrogen-bond acceptors (Lipinski definition) is 5. The first-order chi connectivity index (χ1) is 10.6. The molecule has 0 bridgehead atoms. The molecule has 3 rings (SSSR count). The first-order valence-electron chi connectivity index (χ1n) is 6.19. The highest BCUT2D eigenvalue weighted by Crippen LogP contribution is 2.31. The molecule has 22 heavy (non-hydrogen) atoms. The summed E-state index contributed by atoms with van der Waals surface area (Å²) in [6.45, 7) is 0. The van der Waals surface area contributed by atoms with Crippen LogP contribution in [0.3, 0.4) is 0 Å². The van der Waals surface area contributed by atoms with Crippen LogP contribution in [0.15, 0.2) is 46.5 Å². The van der Waals surface area contributed by atoms with E-state index in [2.05, 4.69) is 15.3 Å². The molecule has 8 heteroatoms. The van der Waals surface area contributed by atoms with Crippen molar-refractivity contribution in [3.63, 3.8) is 0 Å². The van der Waals surface area contributed by atoms with Crippen molar-refractivity contribution in [1.82, 2.24) is 10.3 Å². The van der Waals surface area contributed by atoms with Gasteiger partial charge in [0.25, 0.3) is 0 Å². The fourth-order valence-corrected chi connectivity index (χ4v) is 2.65. The average molecular weight is 321 g/mol. The van der Waals surface area contributed by atoms with Crippen LogP contribution in [0.5, 0.6) is 0 Å². The minimum atomic E-state index is -1.23. The third-order valence-corrected chi connectivity index (χ3v) is 3.84. The van der Waals surface area contributed by atoms with E-state index in [0.717, 1.165) is 6.07 Å². The second-order valence-electron chi connectivity index (χ2n) is 4.43. The van der Waals surface area contributed by atoms with E-state index < -0.39 is 23.6 Å². The molecule has 0 radical (unpaired) electrons. The van der Waals surface area contributed by atoms with Gasteiger partial charge in [-0.2, -0.15) is 0 Å². The van der Waals surface area contributed by atoms with E-state index in [1.807, 2.05) is 0 Å². The topological polar surface area (TPSA) is 74.6 Å². The van der Waals surface area contributed by atoms with Crippen molar-refractivity contribution in [2.45, 2.75) is 6.04 Å². The Balaban J connectivity index is 2.08. The smallest absolute Gasteiger partial charge is 0.335 e. The molecule has 0 spiro atoms. The quantitative estimate of drug-likeness (QED) is 0.911. The molecule has 1 aromatic heterocycles. The Morgan fingerprint density at radius 2 is 2.18 bits per heavy atom. The molecule has 0 saturated heterocycles. The number of nitrogens with one attached hydrogen (secondary N) is 1. The zero-order chi connectivity index (χ0) is 15.7. The molecule has 0 saturated carbocycles. The molecule has 0 aliphatic carbocycles. The summed E-state index contributed by atoms with van der Waals surface area (Å²) in [4.78, 5) is 19.6. The van der Waals surface area contributed by atoms with E-state index in [4.69, 9.17) is 0 Å². The third kappa shape index (κ3) is 2.60. The van der Waals surface area contributed by atoms with Gasteiger partial charge < -0.3 is 10.4 Å². The summed E-state index contributed by atoms with van der Waals surface area (Å²) in [6.07, 6.45) is 2.83. The van der Waals surface area contributed by atoms with Gasteiger partial charge in [0.2, 0.25) is 0 Å². The molecule has 1 unspecified atom stereocenters. The maximum absolute atomic E-state index is 14.0. The fourth-order valence-electron chi connectivity index (χ4n) is 2.06. The molecule has 5 nitrogen and oxygen atoms in total. The molecule has 0 fully saturated rings. The van der Waals surface area contributed by atoms with Crippen molar-refractivity contribution in [3.05, 3.63) is 63.8 Å². The molecule has 1 aliphatic rings. The van der Waals surface area contributed by atoms with E-state index in [9.17, 15) is 18.7 Å². The molecule has 2 aromatic rings. The first-order valence-corrected chi connectivity index (χ1v) is 7.06. The van der Waals surface area contributed by atoms with Crippen molar-refractivity contribution < 1.29 is 18.7 Å². The fraction of sp³-hybridized carbons (Fsp3) is 0.0714. The van der Waals surface area contributed by atoms with Crippen LogP contribution in [0.25, 0.3) is 0 Å². The number of carboxylic acid groups (broad SMARTS) is 1. The largest absolute Gasteiger partial charge is 0.478 e. The number of rotatable bonds is 3. The Kier molecular flexibility index (Phi) is 3.68. The average Bonchev–Trinajstić information content (AvgIpc) is 3.00. The van der Waals surface area contributed by atoms with Crippen molar-refractivity contribution in [3.8, 4) is 0 Å². The lowest BCUT2D eigenvalue weighted by Crippen LogP contribution is -2.28. The number of carboxylic acids is 1. The van der Waals surface area contributed by atoms with Crippen LogP contribution < -0.4 is 5.32 Å². The van der Waals surface area contributed by atoms with Gasteiger partial charge in [-0.1, -0.05) is 6.07 Å². The van der Waals surface area contributed by atoms with Crippen LogP contribution in [0, 0.1) is 11.6 Å². The summed E-state index contributed by atoms with van der Waals surface area (Å²) in [5.41, 5.74) is -0.142.